The Morgan fingerprint density at radius 2 is 1.92 bits per heavy atom. The van der Waals surface area contributed by atoms with E-state index in [4.69, 9.17) is 5.73 Å². The van der Waals surface area contributed by atoms with Crippen molar-refractivity contribution in [2.75, 3.05) is 6.54 Å². The Morgan fingerprint density at radius 1 is 1.38 bits per heavy atom. The van der Waals surface area contributed by atoms with E-state index in [9.17, 15) is 8.78 Å². The van der Waals surface area contributed by atoms with E-state index in [0.29, 0.717) is 0 Å². The summed E-state index contributed by atoms with van der Waals surface area (Å²) in [5, 5.41) is 0. The maximum absolute atomic E-state index is 13.0. The summed E-state index contributed by atoms with van der Waals surface area (Å²) in [5.74, 6) is -2.58. The second kappa shape index (κ2) is 2.45. The van der Waals surface area contributed by atoms with Crippen molar-refractivity contribution in [3.63, 3.8) is 0 Å². The number of hydrogen-bond acceptors (Lipinski definition) is 3. The van der Waals surface area contributed by atoms with Gasteiger partial charge in [-0.3, -0.25) is 0 Å². The average Bonchev–Trinajstić information content (AvgIpc) is 2.72. The summed E-state index contributed by atoms with van der Waals surface area (Å²) in [5.41, 5.74) is 4.02. The van der Waals surface area contributed by atoms with Crippen LogP contribution in [0.15, 0.2) is 18.5 Å². The molecular formula is C8H9F2N3. The highest BCUT2D eigenvalue weighted by Gasteiger charge is 2.73. The molecule has 0 saturated heterocycles. The Morgan fingerprint density at radius 3 is 2.31 bits per heavy atom. The van der Waals surface area contributed by atoms with Gasteiger partial charge in [0.2, 0.25) is 0 Å². The summed E-state index contributed by atoms with van der Waals surface area (Å²) in [6.07, 6.45) is 2.67. The molecule has 1 atom stereocenters. The molecule has 1 aliphatic carbocycles. The molecule has 5 heteroatoms. The quantitative estimate of drug-likeness (QED) is 0.738. The molecule has 13 heavy (non-hydrogen) atoms. The molecule has 0 bridgehead atoms. The van der Waals surface area contributed by atoms with Crippen LogP contribution >= 0.6 is 0 Å². The molecule has 2 rings (SSSR count). The molecule has 1 aromatic rings. The second-order valence-electron chi connectivity index (χ2n) is 3.24. The van der Waals surface area contributed by atoms with Gasteiger partial charge in [0.1, 0.15) is 11.2 Å². The van der Waals surface area contributed by atoms with E-state index in [1.807, 2.05) is 0 Å². The maximum atomic E-state index is 13.0. The van der Waals surface area contributed by atoms with E-state index in [2.05, 4.69) is 9.97 Å². The van der Waals surface area contributed by atoms with Gasteiger partial charge in [0.25, 0.3) is 5.92 Å². The summed E-state index contributed by atoms with van der Waals surface area (Å²) >= 11 is 0. The minimum Gasteiger partial charge on any atom is -0.329 e. The van der Waals surface area contributed by atoms with Crippen LogP contribution in [0.5, 0.6) is 0 Å². The van der Waals surface area contributed by atoms with E-state index >= 15 is 0 Å². The lowest BCUT2D eigenvalue weighted by atomic mass is 10.1. The van der Waals surface area contributed by atoms with Crippen molar-refractivity contribution in [2.45, 2.75) is 17.8 Å². The first kappa shape index (κ1) is 8.50. The molecule has 1 heterocycles. The molecule has 0 spiro atoms. The molecule has 1 fully saturated rings. The number of nitrogens with two attached hydrogens (primary N) is 1. The van der Waals surface area contributed by atoms with Crippen molar-refractivity contribution in [3.05, 3.63) is 24.3 Å². The minimum absolute atomic E-state index is 0.107. The third-order valence-corrected chi connectivity index (χ3v) is 2.44. The van der Waals surface area contributed by atoms with E-state index in [1.54, 1.807) is 6.07 Å². The number of alkyl halides is 2. The topological polar surface area (TPSA) is 51.8 Å². The number of rotatable bonds is 2. The van der Waals surface area contributed by atoms with Gasteiger partial charge in [-0.1, -0.05) is 0 Å². The zero-order valence-electron chi connectivity index (χ0n) is 6.87. The van der Waals surface area contributed by atoms with Gasteiger partial charge < -0.3 is 5.73 Å². The number of halogens is 2. The molecule has 0 amide bonds. The highest BCUT2D eigenvalue weighted by atomic mass is 19.3. The molecule has 70 valence electrons. The molecule has 1 unspecified atom stereocenters. The van der Waals surface area contributed by atoms with Crippen molar-refractivity contribution < 1.29 is 8.78 Å². The lowest BCUT2D eigenvalue weighted by Crippen LogP contribution is -2.28. The first-order chi connectivity index (χ1) is 6.12. The van der Waals surface area contributed by atoms with E-state index in [1.165, 1.54) is 12.4 Å². The average molecular weight is 185 g/mol. The fraction of sp³-hybridized carbons (Fsp3) is 0.500. The van der Waals surface area contributed by atoms with Crippen LogP contribution in [-0.2, 0) is 5.41 Å². The Kier molecular flexibility index (Phi) is 1.60. The fourth-order valence-electron chi connectivity index (χ4n) is 1.44. The first-order valence-corrected chi connectivity index (χ1v) is 3.98. The molecular weight excluding hydrogens is 176 g/mol. The van der Waals surface area contributed by atoms with Gasteiger partial charge in [-0.05, 0) is 6.07 Å². The van der Waals surface area contributed by atoms with Gasteiger partial charge in [-0.25, -0.2) is 18.7 Å². The van der Waals surface area contributed by atoms with Crippen molar-refractivity contribution >= 4 is 0 Å². The summed E-state index contributed by atoms with van der Waals surface area (Å²) in [7, 11) is 0. The molecule has 1 aromatic heterocycles. The number of nitrogens with zero attached hydrogens (tertiary/aromatic N) is 2. The molecule has 0 aliphatic heterocycles. The molecule has 3 nitrogen and oxygen atoms in total. The lowest BCUT2D eigenvalue weighted by molar-refractivity contribution is 0.0875. The van der Waals surface area contributed by atoms with Gasteiger partial charge in [0.15, 0.2) is 0 Å². The van der Waals surface area contributed by atoms with Crippen LogP contribution in [-0.4, -0.2) is 22.4 Å². The summed E-state index contributed by atoms with van der Waals surface area (Å²) in [4.78, 5) is 7.62. The van der Waals surface area contributed by atoms with Gasteiger partial charge >= 0.3 is 0 Å². The number of hydrogen-bond donors (Lipinski definition) is 1. The van der Waals surface area contributed by atoms with Crippen molar-refractivity contribution in [3.8, 4) is 0 Å². The third-order valence-electron chi connectivity index (χ3n) is 2.44. The Hall–Kier alpha value is -1.10. The fourth-order valence-corrected chi connectivity index (χ4v) is 1.44. The Labute approximate surface area is 74.0 Å². The maximum Gasteiger partial charge on any atom is 0.263 e. The molecule has 1 saturated carbocycles. The van der Waals surface area contributed by atoms with E-state index in [-0.39, 0.29) is 18.8 Å². The molecule has 2 N–H and O–H groups in total. The highest BCUT2D eigenvalue weighted by molar-refractivity contribution is 5.28. The van der Waals surface area contributed by atoms with Gasteiger partial charge in [-0.15, -0.1) is 0 Å². The third kappa shape index (κ3) is 1.03. The van der Waals surface area contributed by atoms with Crippen LogP contribution in [0, 0.1) is 0 Å². The lowest BCUT2D eigenvalue weighted by Gasteiger charge is -2.10. The monoisotopic (exact) mass is 185 g/mol. The summed E-state index contributed by atoms with van der Waals surface area (Å²) in [6.45, 7) is -0.107. The number of aromatic nitrogens is 2. The smallest absolute Gasteiger partial charge is 0.263 e. The zero-order valence-corrected chi connectivity index (χ0v) is 6.87. The van der Waals surface area contributed by atoms with Crippen LogP contribution in [0.4, 0.5) is 8.78 Å². The largest absolute Gasteiger partial charge is 0.329 e. The zero-order chi connectivity index (χ0) is 9.53. The van der Waals surface area contributed by atoms with Crippen molar-refractivity contribution in [1.29, 1.82) is 0 Å². The van der Waals surface area contributed by atoms with Crippen molar-refractivity contribution in [2.24, 2.45) is 5.73 Å². The van der Waals surface area contributed by atoms with Crippen molar-refractivity contribution in [1.82, 2.24) is 9.97 Å². The van der Waals surface area contributed by atoms with E-state index < -0.39 is 11.3 Å². The van der Waals surface area contributed by atoms with Crippen LogP contribution in [0.2, 0.25) is 0 Å². The van der Waals surface area contributed by atoms with Gasteiger partial charge in [0.05, 0.1) is 0 Å². The highest BCUT2D eigenvalue weighted by Crippen LogP contribution is 2.59. The SMILES string of the molecule is NCC1(c2ncccn2)CC1(F)F. The minimum atomic E-state index is -2.73. The van der Waals surface area contributed by atoms with Gasteiger partial charge in [0, 0.05) is 25.4 Å². The van der Waals surface area contributed by atoms with Crippen LogP contribution in [0.1, 0.15) is 12.2 Å². The Balaban J connectivity index is 2.37. The Bertz CT molecular complexity index is 314. The first-order valence-electron chi connectivity index (χ1n) is 3.98. The summed E-state index contributed by atoms with van der Waals surface area (Å²) < 4.78 is 26.0. The predicted molar refractivity (Wildman–Crippen MR) is 42.3 cm³/mol. The molecule has 0 radical (unpaired) electrons. The van der Waals surface area contributed by atoms with Crippen LogP contribution < -0.4 is 5.73 Å². The summed E-state index contributed by atoms with van der Waals surface area (Å²) in [6, 6.07) is 1.59. The predicted octanol–water partition coefficient (Wildman–Crippen LogP) is 0.712. The molecule has 1 aliphatic rings. The van der Waals surface area contributed by atoms with E-state index in [0.717, 1.165) is 0 Å². The van der Waals surface area contributed by atoms with Crippen LogP contribution in [0.25, 0.3) is 0 Å². The van der Waals surface area contributed by atoms with Gasteiger partial charge in [-0.2, -0.15) is 0 Å². The standard InChI is InChI=1S/C8H9F2N3/c9-8(10)4-7(8,5-11)6-12-2-1-3-13-6/h1-3H,4-5,11H2. The normalized spacial score (nSPS) is 30.1. The van der Waals surface area contributed by atoms with Crippen LogP contribution in [0.3, 0.4) is 0 Å². The molecule has 0 aromatic carbocycles. The second-order valence-corrected chi connectivity index (χ2v) is 3.24.